The number of nitrogens with two attached hydrogens (primary N) is 1. The van der Waals surface area contributed by atoms with Gasteiger partial charge >= 0.3 is 0 Å². The summed E-state index contributed by atoms with van der Waals surface area (Å²) in [6, 6.07) is 8.25. The highest BCUT2D eigenvalue weighted by molar-refractivity contribution is 5.29. The van der Waals surface area contributed by atoms with Crippen molar-refractivity contribution in [3.05, 3.63) is 29.8 Å². The molecule has 0 saturated carbocycles. The van der Waals surface area contributed by atoms with Gasteiger partial charge in [0.25, 0.3) is 0 Å². The molecule has 1 aromatic rings. The van der Waals surface area contributed by atoms with E-state index >= 15 is 0 Å². The lowest BCUT2D eigenvalue weighted by Gasteiger charge is -2.14. The smallest absolute Gasteiger partial charge is 0.119 e. The molecule has 0 aromatic heterocycles. The molecule has 3 N–H and O–H groups in total. The molecule has 0 heterocycles. The summed E-state index contributed by atoms with van der Waals surface area (Å²) in [4.78, 5) is 0. The SMILES string of the molecule is CCOc1ccc([C@@H](CN)NC)cc1. The maximum atomic E-state index is 5.62. The summed E-state index contributed by atoms with van der Waals surface area (Å²) in [5.41, 5.74) is 6.81. The fraction of sp³-hybridized carbons (Fsp3) is 0.455. The Kier molecular flexibility index (Phi) is 4.43. The average Bonchev–Trinajstić information content (AvgIpc) is 2.23. The lowest BCUT2D eigenvalue weighted by molar-refractivity contribution is 0.340. The molecular weight excluding hydrogens is 176 g/mol. The first kappa shape index (κ1) is 11.0. The first-order valence-electron chi connectivity index (χ1n) is 4.92. The molecule has 14 heavy (non-hydrogen) atoms. The first-order valence-corrected chi connectivity index (χ1v) is 4.92. The quantitative estimate of drug-likeness (QED) is 0.743. The summed E-state index contributed by atoms with van der Waals surface area (Å²) in [6.07, 6.45) is 0. The van der Waals surface area contributed by atoms with E-state index in [-0.39, 0.29) is 6.04 Å². The Hall–Kier alpha value is -1.06. The third kappa shape index (κ3) is 2.72. The highest BCUT2D eigenvalue weighted by Gasteiger charge is 2.05. The largest absolute Gasteiger partial charge is 0.494 e. The lowest BCUT2D eigenvalue weighted by Crippen LogP contribution is -2.24. The summed E-state index contributed by atoms with van der Waals surface area (Å²) in [6.45, 7) is 3.28. The molecule has 0 radical (unpaired) electrons. The minimum Gasteiger partial charge on any atom is -0.494 e. The van der Waals surface area contributed by atoms with Crippen molar-refractivity contribution in [2.24, 2.45) is 5.73 Å². The number of likely N-dealkylation sites (N-methyl/N-ethyl adjacent to an activating group) is 1. The topological polar surface area (TPSA) is 47.3 Å². The van der Waals surface area contributed by atoms with Crippen molar-refractivity contribution in [3.63, 3.8) is 0 Å². The molecule has 0 aliphatic carbocycles. The van der Waals surface area contributed by atoms with Crippen molar-refractivity contribution in [1.29, 1.82) is 0 Å². The van der Waals surface area contributed by atoms with Gasteiger partial charge < -0.3 is 15.8 Å². The van der Waals surface area contributed by atoms with Crippen molar-refractivity contribution < 1.29 is 4.74 Å². The Balaban J connectivity index is 2.71. The van der Waals surface area contributed by atoms with Crippen LogP contribution in [0.5, 0.6) is 5.75 Å². The molecule has 0 aliphatic heterocycles. The maximum absolute atomic E-state index is 5.62. The lowest BCUT2D eigenvalue weighted by atomic mass is 10.1. The molecule has 0 bridgehead atoms. The molecule has 0 fully saturated rings. The highest BCUT2D eigenvalue weighted by atomic mass is 16.5. The van der Waals surface area contributed by atoms with Gasteiger partial charge in [-0.25, -0.2) is 0 Å². The highest BCUT2D eigenvalue weighted by Crippen LogP contribution is 2.16. The van der Waals surface area contributed by atoms with Gasteiger partial charge in [0.1, 0.15) is 5.75 Å². The van der Waals surface area contributed by atoms with Crippen molar-refractivity contribution in [3.8, 4) is 5.75 Å². The molecule has 0 amide bonds. The predicted octanol–water partition coefficient (Wildman–Crippen LogP) is 1.30. The maximum Gasteiger partial charge on any atom is 0.119 e. The van der Waals surface area contributed by atoms with Gasteiger partial charge in [0, 0.05) is 12.6 Å². The van der Waals surface area contributed by atoms with Gasteiger partial charge in [-0.2, -0.15) is 0 Å². The Bertz CT molecular complexity index is 254. The number of rotatable bonds is 5. The molecular formula is C11H18N2O. The van der Waals surface area contributed by atoms with E-state index in [0.29, 0.717) is 13.2 Å². The molecule has 0 saturated heterocycles. The van der Waals surface area contributed by atoms with E-state index in [1.807, 2.05) is 38.2 Å². The minimum absolute atomic E-state index is 0.227. The van der Waals surface area contributed by atoms with Gasteiger partial charge in [-0.1, -0.05) is 12.1 Å². The predicted molar refractivity (Wildman–Crippen MR) is 58.5 cm³/mol. The Morgan fingerprint density at radius 3 is 2.43 bits per heavy atom. The van der Waals surface area contributed by atoms with Crippen LogP contribution in [0.3, 0.4) is 0 Å². The van der Waals surface area contributed by atoms with Crippen LogP contribution in [-0.2, 0) is 0 Å². The first-order chi connectivity index (χ1) is 6.81. The molecule has 3 nitrogen and oxygen atoms in total. The number of hydrogen-bond donors (Lipinski definition) is 2. The minimum atomic E-state index is 0.227. The van der Waals surface area contributed by atoms with E-state index in [1.165, 1.54) is 5.56 Å². The summed E-state index contributed by atoms with van der Waals surface area (Å²) >= 11 is 0. The van der Waals surface area contributed by atoms with Gasteiger partial charge in [0.2, 0.25) is 0 Å². The van der Waals surface area contributed by atoms with Crippen molar-refractivity contribution >= 4 is 0 Å². The fourth-order valence-corrected chi connectivity index (χ4v) is 1.38. The van der Waals surface area contributed by atoms with Crippen LogP contribution in [0.4, 0.5) is 0 Å². The van der Waals surface area contributed by atoms with E-state index in [0.717, 1.165) is 5.75 Å². The standard InChI is InChI=1S/C11H18N2O/c1-3-14-10-6-4-9(5-7-10)11(8-12)13-2/h4-7,11,13H,3,8,12H2,1-2H3/t11-/m1/s1. The Labute approximate surface area is 85.3 Å². The zero-order valence-electron chi connectivity index (χ0n) is 8.79. The fourth-order valence-electron chi connectivity index (χ4n) is 1.38. The molecule has 3 heteroatoms. The van der Waals surface area contributed by atoms with Crippen LogP contribution in [-0.4, -0.2) is 20.2 Å². The van der Waals surface area contributed by atoms with E-state index in [4.69, 9.17) is 10.5 Å². The monoisotopic (exact) mass is 194 g/mol. The van der Waals surface area contributed by atoms with Crippen LogP contribution in [0.25, 0.3) is 0 Å². The number of nitrogens with one attached hydrogen (secondary N) is 1. The second kappa shape index (κ2) is 5.62. The second-order valence-electron chi connectivity index (χ2n) is 3.08. The average molecular weight is 194 g/mol. The van der Waals surface area contributed by atoms with Crippen LogP contribution < -0.4 is 15.8 Å². The Morgan fingerprint density at radius 1 is 1.36 bits per heavy atom. The van der Waals surface area contributed by atoms with Gasteiger partial charge in [-0.15, -0.1) is 0 Å². The molecule has 1 aromatic carbocycles. The van der Waals surface area contributed by atoms with Gasteiger partial charge in [0.05, 0.1) is 6.61 Å². The van der Waals surface area contributed by atoms with E-state index in [1.54, 1.807) is 0 Å². The van der Waals surface area contributed by atoms with Gasteiger partial charge in [-0.05, 0) is 31.7 Å². The van der Waals surface area contributed by atoms with Crippen molar-refractivity contribution in [1.82, 2.24) is 5.32 Å². The van der Waals surface area contributed by atoms with Gasteiger partial charge in [0.15, 0.2) is 0 Å². The molecule has 0 aliphatic rings. The molecule has 1 atom stereocenters. The van der Waals surface area contributed by atoms with Crippen LogP contribution in [0, 0.1) is 0 Å². The Morgan fingerprint density at radius 2 is 2.00 bits per heavy atom. The van der Waals surface area contributed by atoms with E-state index < -0.39 is 0 Å². The third-order valence-electron chi connectivity index (χ3n) is 2.18. The zero-order valence-corrected chi connectivity index (χ0v) is 8.79. The van der Waals surface area contributed by atoms with Crippen LogP contribution >= 0.6 is 0 Å². The zero-order chi connectivity index (χ0) is 10.4. The molecule has 0 unspecified atom stereocenters. The number of benzene rings is 1. The van der Waals surface area contributed by atoms with Crippen LogP contribution in [0.2, 0.25) is 0 Å². The summed E-state index contributed by atoms with van der Waals surface area (Å²) in [5, 5.41) is 3.15. The van der Waals surface area contributed by atoms with Crippen LogP contribution in [0.15, 0.2) is 24.3 Å². The number of ether oxygens (including phenoxy) is 1. The second-order valence-corrected chi connectivity index (χ2v) is 3.08. The summed E-state index contributed by atoms with van der Waals surface area (Å²) in [7, 11) is 1.91. The molecule has 78 valence electrons. The van der Waals surface area contributed by atoms with E-state index in [9.17, 15) is 0 Å². The third-order valence-corrected chi connectivity index (χ3v) is 2.18. The van der Waals surface area contributed by atoms with Crippen molar-refractivity contribution in [2.75, 3.05) is 20.2 Å². The normalized spacial score (nSPS) is 12.5. The van der Waals surface area contributed by atoms with Crippen LogP contribution in [0.1, 0.15) is 18.5 Å². The molecule has 0 spiro atoms. The van der Waals surface area contributed by atoms with Crippen molar-refractivity contribution in [2.45, 2.75) is 13.0 Å². The van der Waals surface area contributed by atoms with Gasteiger partial charge in [-0.3, -0.25) is 0 Å². The summed E-state index contributed by atoms with van der Waals surface area (Å²) in [5.74, 6) is 0.906. The number of hydrogen-bond acceptors (Lipinski definition) is 3. The molecule has 1 rings (SSSR count). The summed E-state index contributed by atoms with van der Waals surface area (Å²) < 4.78 is 5.36. The van der Waals surface area contributed by atoms with E-state index in [2.05, 4.69) is 5.32 Å².